The molecule has 9 nitrogen and oxygen atoms in total. The molecule has 0 aliphatic carbocycles. The van der Waals surface area contributed by atoms with Crippen molar-refractivity contribution in [1.82, 2.24) is 24.4 Å². The fraction of sp³-hybridized carbons (Fsp3) is 0.261. The van der Waals surface area contributed by atoms with Crippen LogP contribution in [0.5, 0.6) is 0 Å². The molecule has 1 aliphatic rings. The highest BCUT2D eigenvalue weighted by Gasteiger charge is 2.32. The number of nitrogens with zero attached hydrogens (tertiary/aromatic N) is 4. The number of carbonyl (C=O) groups is 1. The van der Waals surface area contributed by atoms with Gasteiger partial charge in [-0.25, -0.2) is 8.42 Å². The lowest BCUT2D eigenvalue weighted by Crippen LogP contribution is -2.52. The van der Waals surface area contributed by atoms with Crippen LogP contribution < -0.4 is 0 Å². The number of thioether (sulfide) groups is 1. The molecule has 2 aromatic carbocycles. The van der Waals surface area contributed by atoms with Crippen LogP contribution in [-0.2, 0) is 14.8 Å². The largest absolute Gasteiger partial charge is 0.411 e. The van der Waals surface area contributed by atoms with Gasteiger partial charge in [0.1, 0.15) is 0 Å². The van der Waals surface area contributed by atoms with Crippen molar-refractivity contribution < 1.29 is 17.6 Å². The average Bonchev–Trinajstić information content (AvgIpc) is 3.51. The Morgan fingerprint density at radius 2 is 1.74 bits per heavy atom. The number of aromatic nitrogens is 3. The number of benzene rings is 2. The first-order valence-corrected chi connectivity index (χ1v) is 13.2. The van der Waals surface area contributed by atoms with Crippen LogP contribution in [0.3, 0.4) is 0 Å². The number of piperazine rings is 1. The molecule has 34 heavy (non-hydrogen) atoms. The van der Waals surface area contributed by atoms with Crippen LogP contribution in [0, 0.1) is 0 Å². The van der Waals surface area contributed by atoms with Gasteiger partial charge in [0, 0.05) is 43.3 Å². The van der Waals surface area contributed by atoms with Gasteiger partial charge in [0.05, 0.1) is 15.7 Å². The molecule has 176 valence electrons. The molecule has 0 radical (unpaired) electrons. The molecule has 1 N–H and O–H groups in total. The van der Waals surface area contributed by atoms with Crippen LogP contribution in [0.1, 0.15) is 6.92 Å². The number of nitrogens with one attached hydrogen (secondary N) is 1. The summed E-state index contributed by atoms with van der Waals surface area (Å²) in [6.45, 7) is 2.97. The second-order valence-corrected chi connectivity index (χ2v) is 11.2. The van der Waals surface area contributed by atoms with Crippen LogP contribution in [-0.4, -0.2) is 70.1 Å². The molecular formula is C23H23N5O4S2. The SMILES string of the molecule is CC(Sc1nnc(-c2c[nH]c3ccccc23)o1)C(=O)N1CCN(S(=O)(=O)c2ccccc2)CC1. The van der Waals surface area contributed by atoms with Crippen molar-refractivity contribution >= 4 is 38.6 Å². The van der Waals surface area contributed by atoms with Gasteiger partial charge in [-0.2, -0.15) is 4.31 Å². The fourth-order valence-electron chi connectivity index (χ4n) is 3.96. The minimum Gasteiger partial charge on any atom is -0.411 e. The van der Waals surface area contributed by atoms with Crippen LogP contribution in [0.25, 0.3) is 22.4 Å². The molecule has 0 saturated carbocycles. The predicted molar refractivity (Wildman–Crippen MR) is 129 cm³/mol. The highest BCUT2D eigenvalue weighted by Crippen LogP contribution is 2.31. The molecule has 4 aromatic rings. The lowest BCUT2D eigenvalue weighted by Gasteiger charge is -2.35. The Kier molecular flexibility index (Phi) is 6.15. The van der Waals surface area contributed by atoms with E-state index in [4.69, 9.17) is 4.42 Å². The van der Waals surface area contributed by atoms with Crippen molar-refractivity contribution in [2.24, 2.45) is 0 Å². The second-order valence-electron chi connectivity index (χ2n) is 7.92. The molecule has 1 fully saturated rings. The zero-order chi connectivity index (χ0) is 23.7. The summed E-state index contributed by atoms with van der Waals surface area (Å²) in [6.07, 6.45) is 1.82. The van der Waals surface area contributed by atoms with Gasteiger partial charge in [-0.05, 0) is 25.1 Å². The molecule has 5 rings (SSSR count). The van der Waals surface area contributed by atoms with Crippen molar-refractivity contribution in [3.63, 3.8) is 0 Å². The van der Waals surface area contributed by atoms with Gasteiger partial charge in [-0.3, -0.25) is 4.79 Å². The van der Waals surface area contributed by atoms with Crippen LogP contribution in [0.2, 0.25) is 0 Å². The smallest absolute Gasteiger partial charge is 0.277 e. The van der Waals surface area contributed by atoms with E-state index in [1.165, 1.54) is 16.1 Å². The van der Waals surface area contributed by atoms with E-state index in [1.807, 2.05) is 30.5 Å². The third-order valence-electron chi connectivity index (χ3n) is 5.78. The first-order chi connectivity index (χ1) is 16.4. The number of sulfonamides is 1. The zero-order valence-electron chi connectivity index (χ0n) is 18.4. The van der Waals surface area contributed by atoms with Crippen molar-refractivity contribution in [1.29, 1.82) is 0 Å². The quantitative estimate of drug-likeness (QED) is 0.407. The van der Waals surface area contributed by atoms with E-state index >= 15 is 0 Å². The maximum absolute atomic E-state index is 13.0. The van der Waals surface area contributed by atoms with E-state index < -0.39 is 15.3 Å². The summed E-state index contributed by atoms with van der Waals surface area (Å²) in [5.41, 5.74) is 1.78. The number of fused-ring (bicyclic) bond motifs is 1. The highest BCUT2D eigenvalue weighted by molar-refractivity contribution is 8.00. The second kappa shape index (κ2) is 9.24. The minimum atomic E-state index is -3.56. The molecule has 11 heteroatoms. The summed E-state index contributed by atoms with van der Waals surface area (Å²) in [6, 6.07) is 16.2. The lowest BCUT2D eigenvalue weighted by molar-refractivity contribution is -0.131. The third-order valence-corrected chi connectivity index (χ3v) is 8.62. The number of H-pyrrole nitrogens is 1. The summed E-state index contributed by atoms with van der Waals surface area (Å²) in [5, 5.41) is 9.08. The van der Waals surface area contributed by atoms with E-state index in [0.717, 1.165) is 16.5 Å². The first kappa shape index (κ1) is 22.6. The van der Waals surface area contributed by atoms with Gasteiger partial charge in [-0.1, -0.05) is 48.2 Å². The fourth-order valence-corrected chi connectivity index (χ4v) is 6.17. The van der Waals surface area contributed by atoms with Gasteiger partial charge >= 0.3 is 0 Å². The average molecular weight is 498 g/mol. The summed E-state index contributed by atoms with van der Waals surface area (Å²) in [7, 11) is -3.56. The van der Waals surface area contributed by atoms with E-state index in [2.05, 4.69) is 15.2 Å². The monoisotopic (exact) mass is 497 g/mol. The molecule has 1 amide bonds. The number of para-hydroxylation sites is 1. The maximum Gasteiger partial charge on any atom is 0.277 e. The number of aromatic amines is 1. The van der Waals surface area contributed by atoms with Crippen LogP contribution in [0.4, 0.5) is 0 Å². The number of amides is 1. The van der Waals surface area contributed by atoms with E-state index in [-0.39, 0.29) is 23.9 Å². The van der Waals surface area contributed by atoms with Gasteiger partial charge in [-0.15, -0.1) is 10.2 Å². The topological polar surface area (TPSA) is 112 Å². The van der Waals surface area contributed by atoms with Crippen molar-refractivity contribution in [3.8, 4) is 11.5 Å². The molecular weight excluding hydrogens is 474 g/mol. The maximum atomic E-state index is 13.0. The van der Waals surface area contributed by atoms with Gasteiger partial charge in [0.15, 0.2) is 0 Å². The molecule has 0 spiro atoms. The molecule has 1 unspecified atom stereocenters. The zero-order valence-corrected chi connectivity index (χ0v) is 20.1. The van der Waals surface area contributed by atoms with Crippen LogP contribution in [0.15, 0.2) is 75.3 Å². The molecule has 3 heterocycles. The summed E-state index contributed by atoms with van der Waals surface area (Å²) in [4.78, 5) is 18.1. The summed E-state index contributed by atoms with van der Waals surface area (Å²) >= 11 is 1.20. The highest BCUT2D eigenvalue weighted by atomic mass is 32.2. The Balaban J connectivity index is 1.20. The number of rotatable bonds is 6. The Morgan fingerprint density at radius 1 is 1.03 bits per heavy atom. The molecule has 0 bridgehead atoms. The van der Waals surface area contributed by atoms with Gasteiger partial charge in [0.25, 0.3) is 11.1 Å². The molecule has 1 saturated heterocycles. The minimum absolute atomic E-state index is 0.0893. The van der Waals surface area contributed by atoms with Crippen LogP contribution >= 0.6 is 11.8 Å². The van der Waals surface area contributed by atoms with E-state index in [0.29, 0.717) is 24.2 Å². The Morgan fingerprint density at radius 3 is 2.50 bits per heavy atom. The van der Waals surface area contributed by atoms with Crippen molar-refractivity contribution in [3.05, 3.63) is 60.8 Å². The van der Waals surface area contributed by atoms with Crippen molar-refractivity contribution in [2.75, 3.05) is 26.2 Å². The normalized spacial score (nSPS) is 16.1. The first-order valence-electron chi connectivity index (χ1n) is 10.8. The molecule has 1 aliphatic heterocycles. The number of carbonyl (C=O) groups excluding carboxylic acids is 1. The lowest BCUT2D eigenvalue weighted by atomic mass is 10.2. The Hall–Kier alpha value is -3.15. The Bertz CT molecular complexity index is 1410. The molecule has 2 aromatic heterocycles. The van der Waals surface area contributed by atoms with Gasteiger partial charge < -0.3 is 14.3 Å². The Labute approximate surface area is 201 Å². The van der Waals surface area contributed by atoms with E-state index in [9.17, 15) is 13.2 Å². The predicted octanol–water partition coefficient (Wildman–Crippen LogP) is 3.23. The third kappa shape index (κ3) is 4.33. The van der Waals surface area contributed by atoms with Crippen molar-refractivity contribution in [2.45, 2.75) is 22.3 Å². The van der Waals surface area contributed by atoms with Gasteiger partial charge in [0.2, 0.25) is 15.9 Å². The summed E-state index contributed by atoms with van der Waals surface area (Å²) < 4.78 is 32.9. The number of hydrogen-bond donors (Lipinski definition) is 1. The molecule has 1 atom stereocenters. The summed E-state index contributed by atoms with van der Waals surface area (Å²) in [5.74, 6) is 0.299. The van der Waals surface area contributed by atoms with E-state index in [1.54, 1.807) is 42.2 Å². The standard InChI is InChI=1S/C23H23N5O4S2/c1-16(33-23-26-25-21(32-23)19-15-24-20-10-6-5-9-18(19)20)22(29)27-11-13-28(14-12-27)34(30,31)17-7-3-2-4-8-17/h2-10,15-16,24H,11-14H2,1H3. The number of hydrogen-bond acceptors (Lipinski definition) is 7.